The average molecular weight is 240 g/mol. The second-order valence-electron chi connectivity index (χ2n) is 2.95. The van der Waals surface area contributed by atoms with Crippen LogP contribution in [0.15, 0.2) is 6.33 Å². The summed E-state index contributed by atoms with van der Waals surface area (Å²) in [6, 6.07) is -0.304. The van der Waals surface area contributed by atoms with Crippen molar-refractivity contribution in [2.45, 2.75) is 25.0 Å². The highest BCUT2D eigenvalue weighted by Crippen LogP contribution is 2.29. The van der Waals surface area contributed by atoms with Crippen LogP contribution in [0.2, 0.25) is 0 Å². The van der Waals surface area contributed by atoms with Crippen LogP contribution in [0.4, 0.5) is 13.2 Å². The zero-order chi connectivity index (χ0) is 11.5. The predicted octanol–water partition coefficient (Wildman–Crippen LogP) is 1.55. The summed E-state index contributed by atoms with van der Waals surface area (Å²) in [5.41, 5.74) is 1.31. The molecule has 0 radical (unpaired) electrons. The van der Waals surface area contributed by atoms with Crippen LogP contribution in [0, 0.1) is 0 Å². The highest BCUT2D eigenvalue weighted by Gasteiger charge is 2.27. The Kier molecular flexibility index (Phi) is 3.97. The molecule has 0 bridgehead atoms. The number of hydrogen-bond acceptors (Lipinski definition) is 4. The third-order valence-electron chi connectivity index (χ3n) is 1.55. The Morgan fingerprint density at radius 3 is 2.73 bits per heavy atom. The van der Waals surface area contributed by atoms with E-state index in [2.05, 4.69) is 10.1 Å². The molecule has 86 valence electrons. The number of nitrogens with two attached hydrogens (primary N) is 1. The smallest absolute Gasteiger partial charge is 0.321 e. The van der Waals surface area contributed by atoms with Crippen molar-refractivity contribution in [1.82, 2.24) is 14.8 Å². The molecule has 15 heavy (non-hydrogen) atoms. The Hall–Kier alpha value is -0.760. The molecule has 0 fully saturated rings. The van der Waals surface area contributed by atoms with Crippen LogP contribution in [0.3, 0.4) is 0 Å². The molecule has 0 amide bonds. The molecule has 4 nitrogen and oxygen atoms in total. The Morgan fingerprint density at radius 1 is 1.60 bits per heavy atom. The summed E-state index contributed by atoms with van der Waals surface area (Å²) < 4.78 is 36.7. The first-order valence-electron chi connectivity index (χ1n) is 4.24. The van der Waals surface area contributed by atoms with Crippen LogP contribution in [0.25, 0.3) is 0 Å². The van der Waals surface area contributed by atoms with Gasteiger partial charge in [0.2, 0.25) is 0 Å². The van der Waals surface area contributed by atoms with E-state index in [4.69, 9.17) is 5.73 Å². The van der Waals surface area contributed by atoms with Crippen LogP contribution in [0.5, 0.6) is 0 Å². The Bertz CT molecular complexity index is 309. The van der Waals surface area contributed by atoms with Crippen molar-refractivity contribution >= 4 is 11.8 Å². The zero-order valence-electron chi connectivity index (χ0n) is 8.03. The molecule has 0 saturated heterocycles. The van der Waals surface area contributed by atoms with Gasteiger partial charge in [0.05, 0.1) is 12.6 Å². The number of rotatable bonds is 4. The third kappa shape index (κ3) is 4.52. The number of halogens is 3. The highest BCUT2D eigenvalue weighted by atomic mass is 32.2. The zero-order valence-corrected chi connectivity index (χ0v) is 8.85. The van der Waals surface area contributed by atoms with E-state index in [0.717, 1.165) is 0 Å². The summed E-state index contributed by atoms with van der Waals surface area (Å²) in [4.78, 5) is 3.87. The van der Waals surface area contributed by atoms with Crippen LogP contribution in [-0.2, 0) is 6.54 Å². The number of nitrogens with zero attached hydrogens (tertiary/aromatic N) is 3. The van der Waals surface area contributed by atoms with E-state index in [1.54, 1.807) is 6.92 Å². The molecule has 0 aliphatic heterocycles. The van der Waals surface area contributed by atoms with E-state index < -0.39 is 5.51 Å². The Labute approximate surface area is 89.0 Å². The minimum Gasteiger partial charge on any atom is -0.321 e. The Morgan fingerprint density at radius 2 is 2.27 bits per heavy atom. The summed E-state index contributed by atoms with van der Waals surface area (Å²) >= 11 is -0.0738. The van der Waals surface area contributed by atoms with Crippen molar-refractivity contribution in [1.29, 1.82) is 0 Å². The van der Waals surface area contributed by atoms with Crippen LogP contribution < -0.4 is 5.73 Å². The van der Waals surface area contributed by atoms with Gasteiger partial charge in [0.1, 0.15) is 6.33 Å². The lowest BCUT2D eigenvalue weighted by Gasteiger charge is -2.04. The van der Waals surface area contributed by atoms with E-state index in [1.807, 2.05) is 0 Å². The number of aryl methyl sites for hydroxylation is 1. The average Bonchev–Trinajstić information content (AvgIpc) is 2.50. The van der Waals surface area contributed by atoms with Crippen molar-refractivity contribution in [2.24, 2.45) is 5.73 Å². The third-order valence-corrected chi connectivity index (χ3v) is 2.26. The summed E-state index contributed by atoms with van der Waals surface area (Å²) in [6.45, 7) is 1.88. The first-order chi connectivity index (χ1) is 6.88. The van der Waals surface area contributed by atoms with Gasteiger partial charge in [-0.25, -0.2) is 4.98 Å². The lowest BCUT2D eigenvalue weighted by atomic mass is 10.4. The van der Waals surface area contributed by atoms with Gasteiger partial charge in [0, 0.05) is 5.75 Å². The van der Waals surface area contributed by atoms with Crippen molar-refractivity contribution in [3.05, 3.63) is 12.2 Å². The lowest BCUT2D eigenvalue weighted by molar-refractivity contribution is -0.0328. The van der Waals surface area contributed by atoms with Gasteiger partial charge in [0.25, 0.3) is 0 Å². The Balaban J connectivity index is 2.38. The van der Waals surface area contributed by atoms with E-state index in [1.165, 1.54) is 11.0 Å². The molecule has 1 rings (SSSR count). The minimum absolute atomic E-state index is 0.0738. The maximum absolute atomic E-state index is 11.8. The SMILES string of the molecule is CC(N)c1ncn(CCSC(F)(F)F)n1. The number of aromatic nitrogens is 3. The molecule has 1 unspecified atom stereocenters. The van der Waals surface area contributed by atoms with Crippen molar-refractivity contribution in [3.8, 4) is 0 Å². The maximum Gasteiger partial charge on any atom is 0.441 e. The van der Waals surface area contributed by atoms with Crippen LogP contribution in [-0.4, -0.2) is 26.0 Å². The normalized spacial score (nSPS) is 14.2. The van der Waals surface area contributed by atoms with E-state index in [9.17, 15) is 13.2 Å². The fourth-order valence-corrected chi connectivity index (χ4v) is 1.39. The number of hydrogen-bond donors (Lipinski definition) is 1. The highest BCUT2D eigenvalue weighted by molar-refractivity contribution is 8.00. The van der Waals surface area contributed by atoms with Gasteiger partial charge in [-0.2, -0.15) is 18.3 Å². The molecule has 1 heterocycles. The summed E-state index contributed by atoms with van der Waals surface area (Å²) in [5, 5.41) is 3.93. The maximum atomic E-state index is 11.8. The van der Waals surface area contributed by atoms with Crippen LogP contribution in [0.1, 0.15) is 18.8 Å². The van der Waals surface area contributed by atoms with Gasteiger partial charge in [-0.05, 0) is 18.7 Å². The van der Waals surface area contributed by atoms with Crippen LogP contribution >= 0.6 is 11.8 Å². The molecule has 1 aromatic rings. The summed E-state index contributed by atoms with van der Waals surface area (Å²) in [6.07, 6.45) is 1.38. The second-order valence-corrected chi connectivity index (χ2v) is 4.11. The number of thioether (sulfide) groups is 1. The van der Waals surface area contributed by atoms with E-state index in [-0.39, 0.29) is 30.1 Å². The monoisotopic (exact) mass is 240 g/mol. The molecular weight excluding hydrogens is 229 g/mol. The molecule has 0 saturated carbocycles. The van der Waals surface area contributed by atoms with Gasteiger partial charge in [-0.3, -0.25) is 4.68 Å². The standard InChI is InChI=1S/C7H11F3N4S/c1-5(11)6-12-4-14(13-6)2-3-15-7(8,9)10/h4-5H,2-3,11H2,1H3. The van der Waals surface area contributed by atoms with E-state index >= 15 is 0 Å². The lowest BCUT2D eigenvalue weighted by Crippen LogP contribution is -2.10. The largest absolute Gasteiger partial charge is 0.441 e. The second kappa shape index (κ2) is 4.84. The molecular formula is C7H11F3N4S. The molecule has 0 aromatic carbocycles. The van der Waals surface area contributed by atoms with Gasteiger partial charge in [-0.1, -0.05) is 0 Å². The summed E-state index contributed by atoms with van der Waals surface area (Å²) in [5.74, 6) is 0.359. The first-order valence-corrected chi connectivity index (χ1v) is 5.22. The summed E-state index contributed by atoms with van der Waals surface area (Å²) in [7, 11) is 0. The van der Waals surface area contributed by atoms with Crippen molar-refractivity contribution < 1.29 is 13.2 Å². The van der Waals surface area contributed by atoms with Gasteiger partial charge < -0.3 is 5.73 Å². The molecule has 2 N–H and O–H groups in total. The molecule has 0 spiro atoms. The quantitative estimate of drug-likeness (QED) is 0.867. The molecule has 8 heteroatoms. The molecule has 0 aliphatic rings. The van der Waals surface area contributed by atoms with Gasteiger partial charge in [0.15, 0.2) is 5.82 Å². The van der Waals surface area contributed by atoms with Crippen molar-refractivity contribution in [3.63, 3.8) is 0 Å². The predicted molar refractivity (Wildman–Crippen MR) is 51.1 cm³/mol. The van der Waals surface area contributed by atoms with Gasteiger partial charge in [-0.15, -0.1) is 0 Å². The number of alkyl halides is 3. The van der Waals surface area contributed by atoms with Gasteiger partial charge >= 0.3 is 5.51 Å². The first kappa shape index (κ1) is 12.3. The molecule has 0 aliphatic carbocycles. The topological polar surface area (TPSA) is 56.7 Å². The van der Waals surface area contributed by atoms with E-state index in [0.29, 0.717) is 5.82 Å². The van der Waals surface area contributed by atoms with Crippen molar-refractivity contribution in [2.75, 3.05) is 5.75 Å². The molecule has 1 aromatic heterocycles. The fourth-order valence-electron chi connectivity index (χ4n) is 0.880. The molecule has 1 atom stereocenters. The minimum atomic E-state index is -4.19. The fraction of sp³-hybridized carbons (Fsp3) is 0.714.